The van der Waals surface area contributed by atoms with Gasteiger partial charge in [-0.2, -0.15) is 0 Å². The third kappa shape index (κ3) is 3.84. The molecule has 0 radical (unpaired) electrons. The maximum absolute atomic E-state index is 13.1. The molecule has 0 aromatic carbocycles. The Bertz CT molecular complexity index is 640. The Morgan fingerprint density at radius 2 is 2.19 bits per heavy atom. The van der Waals surface area contributed by atoms with E-state index in [4.69, 9.17) is 4.74 Å². The molecule has 112 valence electrons. The highest BCUT2D eigenvalue weighted by atomic mass is 19.1. The molecule has 0 aliphatic rings. The van der Waals surface area contributed by atoms with E-state index in [0.29, 0.717) is 24.4 Å². The van der Waals surface area contributed by atoms with E-state index in [2.05, 4.69) is 15.3 Å². The first-order chi connectivity index (χ1) is 9.97. The topological polar surface area (TPSA) is 69.9 Å². The van der Waals surface area contributed by atoms with Gasteiger partial charge in [-0.25, -0.2) is 13.9 Å². The summed E-state index contributed by atoms with van der Waals surface area (Å²) in [5.41, 5.74) is 1.40. The van der Waals surface area contributed by atoms with Crippen LogP contribution < -0.4 is 0 Å². The smallest absolute Gasteiger partial charge is 0.360 e. The van der Waals surface area contributed by atoms with Crippen molar-refractivity contribution in [2.75, 3.05) is 6.61 Å². The normalized spacial score (nSPS) is 10.9. The van der Waals surface area contributed by atoms with Crippen LogP contribution in [0, 0.1) is 18.7 Å². The van der Waals surface area contributed by atoms with Gasteiger partial charge in [-0.3, -0.25) is 4.98 Å². The first kappa shape index (κ1) is 15.1. The second-order valence-corrected chi connectivity index (χ2v) is 5.18. The second kappa shape index (κ2) is 6.43. The van der Waals surface area contributed by atoms with Crippen LogP contribution in [0.3, 0.4) is 0 Å². The molecule has 7 heteroatoms. The molecule has 0 saturated heterocycles. The van der Waals surface area contributed by atoms with Gasteiger partial charge in [0.25, 0.3) is 0 Å². The fourth-order valence-electron chi connectivity index (χ4n) is 1.73. The molecule has 21 heavy (non-hydrogen) atoms. The fourth-order valence-corrected chi connectivity index (χ4v) is 1.73. The number of hydrogen-bond donors (Lipinski definition) is 0. The maximum Gasteiger partial charge on any atom is 0.360 e. The molecule has 0 aliphatic heterocycles. The highest BCUT2D eigenvalue weighted by Crippen LogP contribution is 2.10. The van der Waals surface area contributed by atoms with Crippen molar-refractivity contribution in [1.82, 2.24) is 20.0 Å². The van der Waals surface area contributed by atoms with Crippen LogP contribution in [0.15, 0.2) is 18.5 Å². The second-order valence-electron chi connectivity index (χ2n) is 5.18. The Morgan fingerprint density at radius 3 is 2.86 bits per heavy atom. The Kier molecular flexibility index (Phi) is 4.62. The first-order valence-electron chi connectivity index (χ1n) is 6.64. The summed E-state index contributed by atoms with van der Waals surface area (Å²) >= 11 is 0. The van der Waals surface area contributed by atoms with Crippen LogP contribution in [0.4, 0.5) is 4.39 Å². The van der Waals surface area contributed by atoms with Gasteiger partial charge in [0.2, 0.25) is 0 Å². The molecule has 0 atom stereocenters. The summed E-state index contributed by atoms with van der Waals surface area (Å²) in [5, 5.41) is 7.74. The number of halogens is 1. The molecule has 0 bridgehead atoms. The number of nitrogens with zero attached hydrogens (tertiary/aromatic N) is 4. The molecular weight excluding hydrogens is 275 g/mol. The van der Waals surface area contributed by atoms with Crippen LogP contribution in [-0.2, 0) is 11.3 Å². The average Bonchev–Trinajstić information content (AvgIpc) is 2.78. The average molecular weight is 292 g/mol. The van der Waals surface area contributed by atoms with Crippen LogP contribution in [0.25, 0.3) is 0 Å². The zero-order chi connectivity index (χ0) is 15.4. The Balaban J connectivity index is 2.11. The number of ether oxygens (including phenoxy) is 1. The zero-order valence-electron chi connectivity index (χ0n) is 12.2. The van der Waals surface area contributed by atoms with E-state index >= 15 is 0 Å². The van der Waals surface area contributed by atoms with E-state index in [0.717, 1.165) is 6.20 Å². The summed E-state index contributed by atoms with van der Waals surface area (Å²) in [6.07, 6.45) is 2.67. The van der Waals surface area contributed by atoms with Gasteiger partial charge in [0.1, 0.15) is 5.82 Å². The summed E-state index contributed by atoms with van der Waals surface area (Å²) in [6, 6.07) is 1.37. The van der Waals surface area contributed by atoms with Gasteiger partial charge in [0, 0.05) is 6.20 Å². The zero-order valence-corrected chi connectivity index (χ0v) is 12.2. The molecule has 2 heterocycles. The van der Waals surface area contributed by atoms with E-state index < -0.39 is 11.8 Å². The Hall–Kier alpha value is -2.31. The van der Waals surface area contributed by atoms with E-state index in [-0.39, 0.29) is 11.6 Å². The van der Waals surface area contributed by atoms with Crippen molar-refractivity contribution in [2.45, 2.75) is 27.3 Å². The van der Waals surface area contributed by atoms with E-state index in [1.165, 1.54) is 10.7 Å². The Morgan fingerprint density at radius 1 is 1.43 bits per heavy atom. The predicted molar refractivity (Wildman–Crippen MR) is 73.2 cm³/mol. The predicted octanol–water partition coefficient (Wildman–Crippen LogP) is 1.98. The lowest BCUT2D eigenvalue weighted by Gasteiger charge is -2.06. The van der Waals surface area contributed by atoms with Gasteiger partial charge in [-0.05, 0) is 24.5 Å². The van der Waals surface area contributed by atoms with Crippen molar-refractivity contribution < 1.29 is 13.9 Å². The number of carbonyl (C=O) groups is 1. The van der Waals surface area contributed by atoms with Gasteiger partial charge in [0.15, 0.2) is 5.69 Å². The monoisotopic (exact) mass is 292 g/mol. The number of carbonyl (C=O) groups excluding carboxylic acids is 1. The van der Waals surface area contributed by atoms with Gasteiger partial charge in [-0.15, -0.1) is 5.10 Å². The van der Waals surface area contributed by atoms with Crippen LogP contribution >= 0.6 is 0 Å². The highest BCUT2D eigenvalue weighted by molar-refractivity contribution is 5.88. The fraction of sp³-hybridized carbons (Fsp3) is 0.429. The SMILES string of the molecule is Cc1c(C(=O)OCC(C)C)nnn1Cc1cncc(F)c1. The van der Waals surface area contributed by atoms with Crippen LogP contribution in [0.5, 0.6) is 0 Å². The number of rotatable bonds is 5. The summed E-state index contributed by atoms with van der Waals surface area (Å²) in [5.74, 6) is -0.658. The molecule has 2 rings (SSSR count). The highest BCUT2D eigenvalue weighted by Gasteiger charge is 2.18. The number of hydrogen-bond acceptors (Lipinski definition) is 5. The number of esters is 1. The Labute approximate surface area is 121 Å². The molecular formula is C14H17FN4O2. The molecule has 0 N–H and O–H groups in total. The molecule has 0 amide bonds. The minimum atomic E-state index is -0.496. The first-order valence-corrected chi connectivity index (χ1v) is 6.64. The van der Waals surface area contributed by atoms with E-state index in [9.17, 15) is 9.18 Å². The third-order valence-corrected chi connectivity index (χ3v) is 2.82. The lowest BCUT2D eigenvalue weighted by Crippen LogP contribution is -2.12. The largest absolute Gasteiger partial charge is 0.461 e. The van der Waals surface area contributed by atoms with Crippen molar-refractivity contribution in [2.24, 2.45) is 5.92 Å². The molecule has 2 aromatic heterocycles. The standard InChI is InChI=1S/C14H17FN4O2/c1-9(2)8-21-14(20)13-10(3)19(18-17-13)7-11-4-12(15)6-16-5-11/h4-6,9H,7-8H2,1-3H3. The minimum absolute atomic E-state index is 0.181. The van der Waals surface area contributed by atoms with Crippen molar-refractivity contribution >= 4 is 5.97 Å². The number of aromatic nitrogens is 4. The van der Waals surface area contributed by atoms with Crippen LogP contribution in [-0.4, -0.2) is 32.6 Å². The van der Waals surface area contributed by atoms with Gasteiger partial charge >= 0.3 is 5.97 Å². The molecule has 0 unspecified atom stereocenters. The van der Waals surface area contributed by atoms with Crippen molar-refractivity contribution in [3.05, 3.63) is 41.2 Å². The number of pyridine rings is 1. The maximum atomic E-state index is 13.1. The lowest BCUT2D eigenvalue weighted by atomic mass is 10.2. The summed E-state index contributed by atoms with van der Waals surface area (Å²) in [7, 11) is 0. The van der Waals surface area contributed by atoms with Crippen LogP contribution in [0.2, 0.25) is 0 Å². The molecule has 0 aliphatic carbocycles. The van der Waals surface area contributed by atoms with Crippen molar-refractivity contribution in [1.29, 1.82) is 0 Å². The molecule has 0 fully saturated rings. The lowest BCUT2D eigenvalue weighted by molar-refractivity contribution is 0.0451. The van der Waals surface area contributed by atoms with Crippen molar-refractivity contribution in [3.63, 3.8) is 0 Å². The molecule has 0 spiro atoms. The minimum Gasteiger partial charge on any atom is -0.461 e. The van der Waals surface area contributed by atoms with Crippen LogP contribution in [0.1, 0.15) is 35.6 Å². The molecule has 0 saturated carbocycles. The summed E-state index contributed by atoms with van der Waals surface area (Å²) in [6.45, 7) is 6.25. The van der Waals surface area contributed by atoms with E-state index in [1.807, 2.05) is 13.8 Å². The molecule has 2 aromatic rings. The summed E-state index contributed by atoms with van der Waals surface area (Å²) in [4.78, 5) is 15.7. The summed E-state index contributed by atoms with van der Waals surface area (Å²) < 4.78 is 19.7. The van der Waals surface area contributed by atoms with Gasteiger partial charge in [-0.1, -0.05) is 19.1 Å². The van der Waals surface area contributed by atoms with Gasteiger partial charge in [0.05, 0.1) is 25.0 Å². The van der Waals surface area contributed by atoms with E-state index in [1.54, 1.807) is 13.1 Å². The quantitative estimate of drug-likeness (QED) is 0.788. The van der Waals surface area contributed by atoms with Gasteiger partial charge < -0.3 is 4.74 Å². The third-order valence-electron chi connectivity index (χ3n) is 2.82. The molecule has 6 nitrogen and oxygen atoms in total. The van der Waals surface area contributed by atoms with Crippen molar-refractivity contribution in [3.8, 4) is 0 Å².